The minimum absolute atomic E-state index is 0.402. The third-order valence-electron chi connectivity index (χ3n) is 4.28. The quantitative estimate of drug-likeness (QED) is 0.767. The molecule has 21 heavy (non-hydrogen) atoms. The van der Waals surface area contributed by atoms with Gasteiger partial charge in [0.25, 0.3) is 0 Å². The molecule has 1 saturated carbocycles. The molecule has 1 aromatic carbocycles. The molecule has 1 unspecified atom stereocenters. The summed E-state index contributed by atoms with van der Waals surface area (Å²) in [7, 11) is 0. The highest BCUT2D eigenvalue weighted by atomic mass is 16.5. The van der Waals surface area contributed by atoms with E-state index < -0.39 is 6.10 Å². The fraction of sp³-hybridized carbons (Fsp3) is 0.667. The third-order valence-corrected chi connectivity index (χ3v) is 4.28. The summed E-state index contributed by atoms with van der Waals surface area (Å²) in [4.78, 5) is 0. The number of aliphatic hydroxyl groups excluding tert-OH is 1. The molecule has 3 nitrogen and oxygen atoms in total. The highest BCUT2D eigenvalue weighted by Crippen LogP contribution is 2.34. The van der Waals surface area contributed by atoms with Crippen LogP contribution in [0.1, 0.15) is 64.0 Å². The van der Waals surface area contributed by atoms with Crippen molar-refractivity contribution in [1.29, 1.82) is 0 Å². The van der Waals surface area contributed by atoms with E-state index in [-0.39, 0.29) is 0 Å². The third kappa shape index (κ3) is 4.63. The number of aliphatic hydroxyl groups is 1. The van der Waals surface area contributed by atoms with E-state index in [9.17, 15) is 5.11 Å². The zero-order chi connectivity index (χ0) is 15.1. The molecule has 118 valence electrons. The van der Waals surface area contributed by atoms with Crippen molar-refractivity contribution in [1.82, 2.24) is 0 Å². The van der Waals surface area contributed by atoms with E-state index in [0.29, 0.717) is 13.2 Å². The van der Waals surface area contributed by atoms with Crippen molar-refractivity contribution in [2.75, 3.05) is 13.2 Å². The van der Waals surface area contributed by atoms with Crippen molar-refractivity contribution in [3.63, 3.8) is 0 Å². The van der Waals surface area contributed by atoms with Gasteiger partial charge >= 0.3 is 0 Å². The Morgan fingerprint density at radius 1 is 1.10 bits per heavy atom. The van der Waals surface area contributed by atoms with Gasteiger partial charge in [-0.15, -0.1) is 0 Å². The zero-order valence-corrected chi connectivity index (χ0v) is 13.3. The first kappa shape index (κ1) is 16.2. The van der Waals surface area contributed by atoms with Crippen LogP contribution in [0.3, 0.4) is 0 Å². The molecule has 1 fully saturated rings. The van der Waals surface area contributed by atoms with Crippen molar-refractivity contribution < 1.29 is 14.6 Å². The Balaban J connectivity index is 1.98. The highest BCUT2D eigenvalue weighted by molar-refractivity contribution is 5.43. The summed E-state index contributed by atoms with van der Waals surface area (Å²) in [5, 5.41) is 10.4. The molecular weight excluding hydrogens is 264 g/mol. The van der Waals surface area contributed by atoms with Crippen LogP contribution >= 0.6 is 0 Å². The van der Waals surface area contributed by atoms with Crippen LogP contribution in [0.25, 0.3) is 0 Å². The van der Waals surface area contributed by atoms with E-state index in [4.69, 9.17) is 9.47 Å². The SMILES string of the molecule is CCOc1ccc(C(O)CCC2CCCC2)cc1OCC. The van der Waals surface area contributed by atoms with Gasteiger partial charge in [-0.25, -0.2) is 0 Å². The maximum Gasteiger partial charge on any atom is 0.161 e. The molecule has 1 atom stereocenters. The zero-order valence-electron chi connectivity index (χ0n) is 13.3. The van der Waals surface area contributed by atoms with Gasteiger partial charge in [-0.05, 0) is 50.3 Å². The lowest BCUT2D eigenvalue weighted by Crippen LogP contribution is -2.04. The number of benzene rings is 1. The van der Waals surface area contributed by atoms with Crippen LogP contribution in [0, 0.1) is 5.92 Å². The molecule has 0 aliphatic heterocycles. The first-order chi connectivity index (χ1) is 10.2. The maximum absolute atomic E-state index is 10.4. The predicted molar refractivity (Wildman–Crippen MR) is 84.9 cm³/mol. The molecule has 0 spiro atoms. The Kier molecular flexibility index (Phi) is 6.37. The molecular formula is C18H28O3. The summed E-state index contributed by atoms with van der Waals surface area (Å²) in [6, 6.07) is 5.78. The lowest BCUT2D eigenvalue weighted by atomic mass is 9.96. The minimum atomic E-state index is -0.402. The van der Waals surface area contributed by atoms with Gasteiger partial charge in [0.1, 0.15) is 0 Å². The van der Waals surface area contributed by atoms with E-state index in [2.05, 4.69) is 0 Å². The topological polar surface area (TPSA) is 38.7 Å². The van der Waals surface area contributed by atoms with Crippen molar-refractivity contribution >= 4 is 0 Å². The van der Waals surface area contributed by atoms with E-state index in [1.54, 1.807) is 0 Å². The van der Waals surface area contributed by atoms with Gasteiger partial charge in [0, 0.05) is 0 Å². The lowest BCUT2D eigenvalue weighted by molar-refractivity contribution is 0.156. The largest absolute Gasteiger partial charge is 0.490 e. The lowest BCUT2D eigenvalue weighted by Gasteiger charge is -2.17. The normalized spacial score (nSPS) is 16.9. The Morgan fingerprint density at radius 2 is 1.76 bits per heavy atom. The fourth-order valence-electron chi connectivity index (χ4n) is 3.13. The Labute approximate surface area is 128 Å². The average Bonchev–Trinajstić information content (AvgIpc) is 3.00. The van der Waals surface area contributed by atoms with Gasteiger partial charge in [0.15, 0.2) is 11.5 Å². The predicted octanol–water partition coefficient (Wildman–Crippen LogP) is 4.49. The summed E-state index contributed by atoms with van der Waals surface area (Å²) in [5.41, 5.74) is 0.930. The molecule has 1 aliphatic rings. The van der Waals surface area contributed by atoms with E-state index in [1.165, 1.54) is 25.7 Å². The summed E-state index contributed by atoms with van der Waals surface area (Å²) >= 11 is 0. The minimum Gasteiger partial charge on any atom is -0.490 e. The smallest absolute Gasteiger partial charge is 0.161 e. The van der Waals surface area contributed by atoms with Crippen molar-refractivity contribution in [3.8, 4) is 11.5 Å². The number of rotatable bonds is 8. The fourth-order valence-corrected chi connectivity index (χ4v) is 3.13. The van der Waals surface area contributed by atoms with E-state index in [1.807, 2.05) is 32.0 Å². The first-order valence-corrected chi connectivity index (χ1v) is 8.32. The monoisotopic (exact) mass is 292 g/mol. The summed E-state index contributed by atoms with van der Waals surface area (Å²) < 4.78 is 11.2. The molecule has 3 heteroatoms. The van der Waals surface area contributed by atoms with Gasteiger partial charge in [-0.2, -0.15) is 0 Å². The van der Waals surface area contributed by atoms with E-state index >= 15 is 0 Å². The van der Waals surface area contributed by atoms with Crippen LogP contribution in [0.4, 0.5) is 0 Å². The van der Waals surface area contributed by atoms with Gasteiger partial charge in [0.05, 0.1) is 19.3 Å². The van der Waals surface area contributed by atoms with Gasteiger partial charge in [-0.1, -0.05) is 31.7 Å². The maximum atomic E-state index is 10.4. The Bertz CT molecular complexity index is 424. The van der Waals surface area contributed by atoms with E-state index in [0.717, 1.165) is 35.8 Å². The second-order valence-corrected chi connectivity index (χ2v) is 5.82. The Hall–Kier alpha value is -1.22. The molecule has 0 heterocycles. The van der Waals surface area contributed by atoms with Gasteiger partial charge in [0.2, 0.25) is 0 Å². The second-order valence-electron chi connectivity index (χ2n) is 5.82. The van der Waals surface area contributed by atoms with Gasteiger partial charge in [-0.3, -0.25) is 0 Å². The molecule has 1 N–H and O–H groups in total. The number of hydrogen-bond donors (Lipinski definition) is 1. The highest BCUT2D eigenvalue weighted by Gasteiger charge is 2.18. The van der Waals surface area contributed by atoms with Crippen molar-refractivity contribution in [3.05, 3.63) is 23.8 Å². The molecule has 0 amide bonds. The number of hydrogen-bond acceptors (Lipinski definition) is 3. The van der Waals surface area contributed by atoms with Gasteiger partial charge < -0.3 is 14.6 Å². The van der Waals surface area contributed by atoms with Crippen LogP contribution in [-0.2, 0) is 0 Å². The van der Waals surface area contributed by atoms with Crippen LogP contribution in [0.5, 0.6) is 11.5 Å². The molecule has 0 saturated heterocycles. The Morgan fingerprint density at radius 3 is 2.43 bits per heavy atom. The number of ether oxygens (including phenoxy) is 2. The second kappa shape index (κ2) is 8.28. The molecule has 0 aromatic heterocycles. The van der Waals surface area contributed by atoms with Crippen LogP contribution in [0.15, 0.2) is 18.2 Å². The standard InChI is InChI=1S/C18H28O3/c1-3-20-17-12-10-15(13-18(17)21-4-2)16(19)11-9-14-7-5-6-8-14/h10,12-14,16,19H,3-9,11H2,1-2H3. The summed E-state index contributed by atoms with van der Waals surface area (Å²) in [5.74, 6) is 2.30. The summed E-state index contributed by atoms with van der Waals surface area (Å²) in [6.45, 7) is 5.13. The average molecular weight is 292 g/mol. The molecule has 2 rings (SSSR count). The first-order valence-electron chi connectivity index (χ1n) is 8.32. The van der Waals surface area contributed by atoms with Crippen LogP contribution < -0.4 is 9.47 Å². The molecule has 0 radical (unpaired) electrons. The van der Waals surface area contributed by atoms with Crippen LogP contribution in [0.2, 0.25) is 0 Å². The summed E-state index contributed by atoms with van der Waals surface area (Å²) in [6.07, 6.45) is 6.94. The molecule has 0 bridgehead atoms. The van der Waals surface area contributed by atoms with Crippen molar-refractivity contribution in [2.45, 2.75) is 58.5 Å². The molecule has 1 aromatic rings. The molecule has 1 aliphatic carbocycles. The van der Waals surface area contributed by atoms with Crippen LogP contribution in [-0.4, -0.2) is 18.3 Å². The van der Waals surface area contributed by atoms with Crippen molar-refractivity contribution in [2.24, 2.45) is 5.92 Å².